The van der Waals surface area contributed by atoms with Crippen molar-refractivity contribution in [3.8, 4) is 11.8 Å². The summed E-state index contributed by atoms with van der Waals surface area (Å²) in [5.74, 6) is 6.19. The molecule has 0 aromatic carbocycles. The zero-order valence-electron chi connectivity index (χ0n) is 8.44. The van der Waals surface area contributed by atoms with Crippen molar-refractivity contribution in [3.63, 3.8) is 0 Å². The van der Waals surface area contributed by atoms with Gasteiger partial charge in [0.1, 0.15) is 5.60 Å². The van der Waals surface area contributed by atoms with Crippen LogP contribution in [0.5, 0.6) is 0 Å². The van der Waals surface area contributed by atoms with E-state index in [-0.39, 0.29) is 5.60 Å². The van der Waals surface area contributed by atoms with Crippen molar-refractivity contribution in [1.82, 2.24) is 0 Å². The Hall–Kier alpha value is -0.740. The summed E-state index contributed by atoms with van der Waals surface area (Å²) in [6.07, 6.45) is 7.78. The predicted molar refractivity (Wildman–Crippen MR) is 55.4 cm³/mol. The zero-order chi connectivity index (χ0) is 9.57. The van der Waals surface area contributed by atoms with Gasteiger partial charge in [0, 0.05) is 0 Å². The van der Waals surface area contributed by atoms with Crippen LogP contribution in [0.3, 0.4) is 0 Å². The first-order chi connectivity index (χ1) is 6.33. The summed E-state index contributed by atoms with van der Waals surface area (Å²) in [6.45, 7) is 6.17. The van der Waals surface area contributed by atoms with E-state index in [1.165, 1.54) is 19.3 Å². The average molecular weight is 178 g/mol. The Morgan fingerprint density at radius 3 is 2.62 bits per heavy atom. The second kappa shape index (κ2) is 5.09. The summed E-state index contributed by atoms with van der Waals surface area (Å²) in [7, 11) is 0. The number of ether oxygens (including phenoxy) is 1. The highest BCUT2D eigenvalue weighted by Crippen LogP contribution is 2.30. The van der Waals surface area contributed by atoms with Crippen molar-refractivity contribution in [3.05, 3.63) is 12.7 Å². The van der Waals surface area contributed by atoms with E-state index in [2.05, 4.69) is 18.4 Å². The molecular weight excluding hydrogens is 160 g/mol. The number of hydrogen-bond acceptors (Lipinski definition) is 1. The Labute approximate surface area is 81.2 Å². The Balaban J connectivity index is 2.59. The number of hydrogen-bond donors (Lipinski definition) is 0. The summed E-state index contributed by atoms with van der Waals surface area (Å²) in [4.78, 5) is 0. The lowest BCUT2D eigenvalue weighted by molar-refractivity contribution is -0.0107. The minimum Gasteiger partial charge on any atom is -0.358 e. The molecule has 0 bridgehead atoms. The monoisotopic (exact) mass is 178 g/mol. The van der Waals surface area contributed by atoms with Crippen LogP contribution in [-0.4, -0.2) is 12.2 Å². The van der Waals surface area contributed by atoms with E-state index >= 15 is 0 Å². The van der Waals surface area contributed by atoms with E-state index in [4.69, 9.17) is 4.74 Å². The van der Waals surface area contributed by atoms with Gasteiger partial charge in [-0.1, -0.05) is 18.4 Å². The lowest BCUT2D eigenvalue weighted by Crippen LogP contribution is -2.33. The van der Waals surface area contributed by atoms with E-state index in [0.717, 1.165) is 12.8 Å². The maximum atomic E-state index is 5.77. The Morgan fingerprint density at radius 2 is 2.08 bits per heavy atom. The molecule has 0 radical (unpaired) electrons. The highest BCUT2D eigenvalue weighted by Gasteiger charge is 2.30. The SMILES string of the molecule is C=CCOC1(C#CC)CCCCC1. The summed E-state index contributed by atoms with van der Waals surface area (Å²) >= 11 is 0. The maximum absolute atomic E-state index is 5.77. The Morgan fingerprint density at radius 1 is 1.38 bits per heavy atom. The molecule has 1 fully saturated rings. The van der Waals surface area contributed by atoms with Gasteiger partial charge in [-0.25, -0.2) is 0 Å². The van der Waals surface area contributed by atoms with Crippen molar-refractivity contribution in [1.29, 1.82) is 0 Å². The molecule has 72 valence electrons. The maximum Gasteiger partial charge on any atom is 0.129 e. The van der Waals surface area contributed by atoms with Crippen molar-refractivity contribution in [2.75, 3.05) is 6.61 Å². The summed E-state index contributed by atoms with van der Waals surface area (Å²) in [6, 6.07) is 0. The van der Waals surface area contributed by atoms with E-state index in [0.29, 0.717) is 6.61 Å². The van der Waals surface area contributed by atoms with Gasteiger partial charge >= 0.3 is 0 Å². The van der Waals surface area contributed by atoms with Crippen LogP contribution in [0.25, 0.3) is 0 Å². The molecule has 1 nitrogen and oxygen atoms in total. The van der Waals surface area contributed by atoms with Crippen LogP contribution in [-0.2, 0) is 4.74 Å². The van der Waals surface area contributed by atoms with Crippen molar-refractivity contribution >= 4 is 0 Å². The van der Waals surface area contributed by atoms with Crippen LogP contribution < -0.4 is 0 Å². The fourth-order valence-electron chi connectivity index (χ4n) is 1.87. The molecule has 1 aliphatic carbocycles. The van der Waals surface area contributed by atoms with Crippen molar-refractivity contribution in [2.45, 2.75) is 44.6 Å². The molecule has 0 aromatic heterocycles. The second-order valence-corrected chi connectivity index (χ2v) is 3.53. The molecule has 0 saturated heterocycles. The molecule has 1 rings (SSSR count). The zero-order valence-corrected chi connectivity index (χ0v) is 8.44. The van der Waals surface area contributed by atoms with Crippen LogP contribution in [0, 0.1) is 11.8 Å². The normalized spacial score (nSPS) is 20.1. The fourth-order valence-corrected chi connectivity index (χ4v) is 1.87. The van der Waals surface area contributed by atoms with Gasteiger partial charge in [0.2, 0.25) is 0 Å². The standard InChI is InChI=1S/C12H18O/c1-3-8-12(13-11-4-2)9-6-5-7-10-12/h4H,2,5-7,9-11H2,1H3. The second-order valence-electron chi connectivity index (χ2n) is 3.53. The molecule has 0 aromatic rings. The first kappa shape index (κ1) is 10.3. The highest BCUT2D eigenvalue weighted by atomic mass is 16.5. The lowest BCUT2D eigenvalue weighted by Gasteiger charge is -2.32. The van der Waals surface area contributed by atoms with E-state index in [1.54, 1.807) is 6.08 Å². The van der Waals surface area contributed by atoms with Crippen LogP contribution >= 0.6 is 0 Å². The van der Waals surface area contributed by atoms with Crippen LogP contribution in [0.15, 0.2) is 12.7 Å². The summed E-state index contributed by atoms with van der Waals surface area (Å²) < 4.78 is 5.77. The lowest BCUT2D eigenvalue weighted by atomic mass is 9.85. The molecular formula is C12H18O. The molecule has 0 N–H and O–H groups in total. The largest absolute Gasteiger partial charge is 0.358 e. The molecule has 0 amide bonds. The molecule has 1 heteroatoms. The van der Waals surface area contributed by atoms with Crippen LogP contribution in [0.4, 0.5) is 0 Å². The van der Waals surface area contributed by atoms with Gasteiger partial charge < -0.3 is 4.74 Å². The Bertz CT molecular complexity index is 213. The van der Waals surface area contributed by atoms with Gasteiger partial charge in [0.25, 0.3) is 0 Å². The minimum absolute atomic E-state index is 0.152. The van der Waals surface area contributed by atoms with Crippen molar-refractivity contribution < 1.29 is 4.74 Å². The molecule has 13 heavy (non-hydrogen) atoms. The van der Waals surface area contributed by atoms with E-state index in [1.807, 2.05) is 6.92 Å². The third-order valence-electron chi connectivity index (χ3n) is 2.49. The minimum atomic E-state index is -0.152. The molecule has 1 aliphatic rings. The van der Waals surface area contributed by atoms with E-state index < -0.39 is 0 Å². The van der Waals surface area contributed by atoms with Gasteiger partial charge in [-0.05, 0) is 32.6 Å². The van der Waals surface area contributed by atoms with Gasteiger partial charge in [-0.2, -0.15) is 0 Å². The average Bonchev–Trinajstić information content (AvgIpc) is 2.17. The van der Waals surface area contributed by atoms with Gasteiger partial charge in [-0.15, -0.1) is 12.5 Å². The van der Waals surface area contributed by atoms with Crippen LogP contribution in [0.2, 0.25) is 0 Å². The highest BCUT2D eigenvalue weighted by molar-refractivity contribution is 5.14. The topological polar surface area (TPSA) is 9.23 Å². The van der Waals surface area contributed by atoms with Gasteiger partial charge in [-0.3, -0.25) is 0 Å². The molecule has 0 aliphatic heterocycles. The van der Waals surface area contributed by atoms with Gasteiger partial charge in [0.15, 0.2) is 0 Å². The van der Waals surface area contributed by atoms with E-state index in [9.17, 15) is 0 Å². The fraction of sp³-hybridized carbons (Fsp3) is 0.667. The molecule has 1 saturated carbocycles. The molecule has 0 unspecified atom stereocenters. The summed E-state index contributed by atoms with van der Waals surface area (Å²) in [5, 5.41) is 0. The molecule has 0 atom stereocenters. The smallest absolute Gasteiger partial charge is 0.129 e. The molecule has 0 spiro atoms. The first-order valence-electron chi connectivity index (χ1n) is 5.02. The summed E-state index contributed by atoms with van der Waals surface area (Å²) in [5.41, 5.74) is -0.152. The van der Waals surface area contributed by atoms with Crippen LogP contribution in [0.1, 0.15) is 39.0 Å². The number of rotatable bonds is 3. The molecule has 0 heterocycles. The first-order valence-corrected chi connectivity index (χ1v) is 5.02. The quantitative estimate of drug-likeness (QED) is 0.477. The predicted octanol–water partition coefficient (Wildman–Crippen LogP) is 2.92. The third-order valence-corrected chi connectivity index (χ3v) is 2.49. The third kappa shape index (κ3) is 2.90. The van der Waals surface area contributed by atoms with Gasteiger partial charge in [0.05, 0.1) is 6.61 Å². The van der Waals surface area contributed by atoms with Crippen molar-refractivity contribution in [2.24, 2.45) is 0 Å². The Kier molecular flexibility index (Phi) is 4.05.